The summed E-state index contributed by atoms with van der Waals surface area (Å²) in [7, 11) is 0. The summed E-state index contributed by atoms with van der Waals surface area (Å²) in [6.07, 6.45) is 0. The van der Waals surface area contributed by atoms with Gasteiger partial charge in [0.1, 0.15) is 12.4 Å². The van der Waals surface area contributed by atoms with Crippen LogP contribution >= 0.6 is 0 Å². The predicted octanol–water partition coefficient (Wildman–Crippen LogP) is 3.06. The monoisotopic (exact) mass is 269 g/mol. The Morgan fingerprint density at radius 3 is 2.40 bits per heavy atom. The van der Waals surface area contributed by atoms with E-state index in [-0.39, 0.29) is 5.78 Å². The molecule has 0 atom stereocenters. The molecule has 0 amide bonds. The Morgan fingerprint density at radius 2 is 1.75 bits per heavy atom. The third-order valence-corrected chi connectivity index (χ3v) is 2.96. The van der Waals surface area contributed by atoms with Gasteiger partial charge in [-0.2, -0.15) is 0 Å². The van der Waals surface area contributed by atoms with E-state index in [9.17, 15) is 4.79 Å². The van der Waals surface area contributed by atoms with Crippen LogP contribution in [0.25, 0.3) is 0 Å². The van der Waals surface area contributed by atoms with Gasteiger partial charge in [0.05, 0.1) is 6.54 Å². The van der Waals surface area contributed by atoms with Gasteiger partial charge in [0.25, 0.3) is 0 Å². The Balaban J connectivity index is 1.90. The van der Waals surface area contributed by atoms with Crippen molar-refractivity contribution in [2.24, 2.45) is 0 Å². The van der Waals surface area contributed by atoms with Crippen molar-refractivity contribution in [3.05, 3.63) is 65.7 Å². The molecule has 2 aromatic rings. The molecule has 0 aliphatic rings. The molecule has 0 fully saturated rings. The Kier molecular flexibility index (Phi) is 5.33. The first-order valence-electron chi connectivity index (χ1n) is 6.80. The van der Waals surface area contributed by atoms with Crippen LogP contribution in [-0.2, 0) is 6.61 Å². The van der Waals surface area contributed by atoms with Gasteiger partial charge in [-0.15, -0.1) is 0 Å². The van der Waals surface area contributed by atoms with E-state index < -0.39 is 0 Å². The number of rotatable bonds is 7. The van der Waals surface area contributed by atoms with Crippen LogP contribution in [0.1, 0.15) is 22.8 Å². The van der Waals surface area contributed by atoms with Crippen LogP contribution in [-0.4, -0.2) is 18.9 Å². The molecule has 1 N–H and O–H groups in total. The Bertz CT molecular complexity index is 535. The van der Waals surface area contributed by atoms with E-state index >= 15 is 0 Å². The fraction of sp³-hybridized carbons (Fsp3) is 0.235. The molecule has 3 nitrogen and oxygen atoms in total. The molecule has 0 bridgehead atoms. The number of hydrogen-bond donors (Lipinski definition) is 1. The molecule has 0 radical (unpaired) electrons. The van der Waals surface area contributed by atoms with Gasteiger partial charge in [0.2, 0.25) is 0 Å². The van der Waals surface area contributed by atoms with Crippen LogP contribution in [0.5, 0.6) is 5.75 Å². The van der Waals surface area contributed by atoms with Crippen LogP contribution in [0.4, 0.5) is 0 Å². The number of carbonyl (C=O) groups excluding carboxylic acids is 1. The fourth-order valence-electron chi connectivity index (χ4n) is 1.82. The highest BCUT2D eigenvalue weighted by atomic mass is 16.5. The van der Waals surface area contributed by atoms with Crippen molar-refractivity contribution in [3.63, 3.8) is 0 Å². The molecule has 0 spiro atoms. The summed E-state index contributed by atoms with van der Waals surface area (Å²) >= 11 is 0. The Labute approximate surface area is 119 Å². The van der Waals surface area contributed by atoms with E-state index in [1.165, 1.54) is 0 Å². The molecule has 104 valence electrons. The number of nitrogens with one attached hydrogen (secondary N) is 1. The van der Waals surface area contributed by atoms with Gasteiger partial charge in [0, 0.05) is 5.56 Å². The minimum atomic E-state index is 0.0986. The summed E-state index contributed by atoms with van der Waals surface area (Å²) < 4.78 is 5.68. The quantitative estimate of drug-likeness (QED) is 0.785. The SMILES string of the molecule is CCNCC(=O)c1ccc(OCc2ccccc2)cc1. The maximum absolute atomic E-state index is 11.8. The van der Waals surface area contributed by atoms with Crippen LogP contribution < -0.4 is 10.1 Å². The summed E-state index contributed by atoms with van der Waals surface area (Å²) in [5, 5.41) is 3.03. The Hall–Kier alpha value is -2.13. The van der Waals surface area contributed by atoms with Crippen LogP contribution in [0.15, 0.2) is 54.6 Å². The highest BCUT2D eigenvalue weighted by Crippen LogP contribution is 2.14. The third kappa shape index (κ3) is 4.21. The summed E-state index contributed by atoms with van der Waals surface area (Å²) in [6.45, 7) is 3.68. The zero-order valence-electron chi connectivity index (χ0n) is 11.6. The van der Waals surface area contributed by atoms with Crippen molar-refractivity contribution in [1.82, 2.24) is 5.32 Å². The topological polar surface area (TPSA) is 38.3 Å². The van der Waals surface area contributed by atoms with Crippen molar-refractivity contribution < 1.29 is 9.53 Å². The lowest BCUT2D eigenvalue weighted by Crippen LogP contribution is -2.22. The number of hydrogen-bond acceptors (Lipinski definition) is 3. The molecule has 3 heteroatoms. The number of ether oxygens (including phenoxy) is 1. The molecule has 20 heavy (non-hydrogen) atoms. The smallest absolute Gasteiger partial charge is 0.176 e. The second-order valence-electron chi connectivity index (χ2n) is 4.50. The zero-order chi connectivity index (χ0) is 14.2. The normalized spacial score (nSPS) is 10.2. The molecular formula is C17H19NO2. The van der Waals surface area contributed by atoms with E-state index in [0.29, 0.717) is 18.7 Å². The molecule has 2 rings (SSSR count). The van der Waals surface area contributed by atoms with Gasteiger partial charge >= 0.3 is 0 Å². The van der Waals surface area contributed by atoms with Gasteiger partial charge < -0.3 is 10.1 Å². The maximum atomic E-state index is 11.8. The van der Waals surface area contributed by atoms with Crippen LogP contribution in [0.2, 0.25) is 0 Å². The molecule has 0 saturated carbocycles. The zero-order valence-corrected chi connectivity index (χ0v) is 11.6. The van der Waals surface area contributed by atoms with E-state index in [2.05, 4.69) is 5.32 Å². The minimum absolute atomic E-state index is 0.0986. The summed E-state index contributed by atoms with van der Waals surface area (Å²) in [5.41, 5.74) is 1.83. The molecule has 0 unspecified atom stereocenters. The molecular weight excluding hydrogens is 250 g/mol. The first-order chi connectivity index (χ1) is 9.79. The van der Waals surface area contributed by atoms with Gasteiger partial charge in [-0.05, 0) is 36.4 Å². The average Bonchev–Trinajstić information content (AvgIpc) is 2.52. The van der Waals surface area contributed by atoms with Crippen molar-refractivity contribution in [2.45, 2.75) is 13.5 Å². The number of benzene rings is 2. The summed E-state index contributed by atoms with van der Waals surface area (Å²) in [5.74, 6) is 0.871. The lowest BCUT2D eigenvalue weighted by molar-refractivity contribution is 0.0991. The number of likely N-dealkylation sites (N-methyl/N-ethyl adjacent to an activating group) is 1. The lowest BCUT2D eigenvalue weighted by Gasteiger charge is -2.07. The highest BCUT2D eigenvalue weighted by Gasteiger charge is 2.04. The molecule has 2 aromatic carbocycles. The van der Waals surface area contributed by atoms with Crippen LogP contribution in [0.3, 0.4) is 0 Å². The average molecular weight is 269 g/mol. The number of carbonyl (C=O) groups is 1. The van der Waals surface area contributed by atoms with Gasteiger partial charge in [-0.1, -0.05) is 37.3 Å². The second-order valence-corrected chi connectivity index (χ2v) is 4.50. The third-order valence-electron chi connectivity index (χ3n) is 2.96. The molecule has 0 aromatic heterocycles. The van der Waals surface area contributed by atoms with E-state index in [4.69, 9.17) is 4.74 Å². The minimum Gasteiger partial charge on any atom is -0.489 e. The van der Waals surface area contributed by atoms with Crippen molar-refractivity contribution >= 4 is 5.78 Å². The van der Waals surface area contributed by atoms with Crippen molar-refractivity contribution in [1.29, 1.82) is 0 Å². The summed E-state index contributed by atoms with van der Waals surface area (Å²) in [4.78, 5) is 11.8. The number of ketones is 1. The highest BCUT2D eigenvalue weighted by molar-refractivity contribution is 5.97. The van der Waals surface area contributed by atoms with Gasteiger partial charge in [-0.3, -0.25) is 4.79 Å². The fourth-order valence-corrected chi connectivity index (χ4v) is 1.82. The molecule has 0 heterocycles. The predicted molar refractivity (Wildman–Crippen MR) is 80.1 cm³/mol. The molecule has 0 aliphatic carbocycles. The van der Waals surface area contributed by atoms with Crippen LogP contribution in [0, 0.1) is 0 Å². The van der Waals surface area contributed by atoms with E-state index in [1.807, 2.05) is 49.4 Å². The second kappa shape index (κ2) is 7.46. The largest absolute Gasteiger partial charge is 0.489 e. The van der Waals surface area contributed by atoms with E-state index in [1.54, 1.807) is 12.1 Å². The van der Waals surface area contributed by atoms with Crippen molar-refractivity contribution in [3.8, 4) is 5.75 Å². The first kappa shape index (κ1) is 14.3. The van der Waals surface area contributed by atoms with E-state index in [0.717, 1.165) is 17.9 Å². The standard InChI is InChI=1S/C17H19NO2/c1-2-18-12-17(19)15-8-10-16(11-9-15)20-13-14-6-4-3-5-7-14/h3-11,18H,2,12-13H2,1H3. The lowest BCUT2D eigenvalue weighted by atomic mass is 10.1. The first-order valence-corrected chi connectivity index (χ1v) is 6.80. The molecule has 0 aliphatic heterocycles. The van der Waals surface area contributed by atoms with Crippen molar-refractivity contribution in [2.75, 3.05) is 13.1 Å². The van der Waals surface area contributed by atoms with Gasteiger partial charge in [-0.25, -0.2) is 0 Å². The molecule has 0 saturated heterocycles. The van der Waals surface area contributed by atoms with Gasteiger partial charge in [0.15, 0.2) is 5.78 Å². The summed E-state index contributed by atoms with van der Waals surface area (Å²) in [6, 6.07) is 17.3. The maximum Gasteiger partial charge on any atom is 0.176 e. The Morgan fingerprint density at radius 1 is 1.05 bits per heavy atom. The number of Topliss-reactive ketones (excluding diaryl/α,β-unsaturated/α-hetero) is 1.